The average molecular weight is 272 g/mol. The minimum Gasteiger partial charge on any atom is -0.407 e. The molecule has 5 nitrogen and oxygen atoms in total. The summed E-state index contributed by atoms with van der Waals surface area (Å²) in [6.07, 6.45) is 2.23. The number of aromatic nitrogens is 2. The fourth-order valence-electron chi connectivity index (χ4n) is 2.54. The first kappa shape index (κ1) is 13.1. The molecule has 0 atom stereocenters. The van der Waals surface area contributed by atoms with Crippen molar-refractivity contribution in [3.8, 4) is 0 Å². The zero-order valence-electron chi connectivity index (χ0n) is 11.8. The molecule has 1 aliphatic rings. The third-order valence-electron chi connectivity index (χ3n) is 3.61. The molecule has 1 N–H and O–H groups in total. The van der Waals surface area contributed by atoms with E-state index in [2.05, 4.69) is 51.6 Å². The Balaban J connectivity index is 1.75. The first-order valence-electron chi connectivity index (χ1n) is 7.21. The quantitative estimate of drug-likeness (QED) is 0.924. The van der Waals surface area contributed by atoms with Crippen LogP contribution in [0.5, 0.6) is 0 Å². The average Bonchev–Trinajstić information content (AvgIpc) is 2.84. The van der Waals surface area contributed by atoms with Gasteiger partial charge in [-0.1, -0.05) is 36.3 Å². The van der Waals surface area contributed by atoms with Crippen LogP contribution in [0.15, 0.2) is 28.7 Å². The summed E-state index contributed by atoms with van der Waals surface area (Å²) >= 11 is 0. The normalized spacial score (nSPS) is 14.9. The summed E-state index contributed by atoms with van der Waals surface area (Å²) in [5.41, 5.74) is 2.79. The van der Waals surface area contributed by atoms with Crippen LogP contribution in [0.3, 0.4) is 0 Å². The molecule has 3 rings (SSSR count). The van der Waals surface area contributed by atoms with E-state index in [-0.39, 0.29) is 0 Å². The summed E-state index contributed by atoms with van der Waals surface area (Å²) in [7, 11) is 0. The molecule has 0 saturated carbocycles. The van der Waals surface area contributed by atoms with Crippen LogP contribution in [-0.4, -0.2) is 23.3 Å². The van der Waals surface area contributed by atoms with Gasteiger partial charge in [0.15, 0.2) is 0 Å². The summed E-state index contributed by atoms with van der Waals surface area (Å²) in [5.74, 6) is 0.652. The summed E-state index contributed by atoms with van der Waals surface area (Å²) in [4.78, 5) is 2.17. The molecule has 0 bridgehead atoms. The van der Waals surface area contributed by atoms with Gasteiger partial charge < -0.3 is 14.6 Å². The Kier molecular flexibility index (Phi) is 3.97. The predicted molar refractivity (Wildman–Crippen MR) is 77.5 cm³/mol. The van der Waals surface area contributed by atoms with Gasteiger partial charge in [-0.05, 0) is 30.5 Å². The second-order valence-corrected chi connectivity index (χ2v) is 5.05. The second kappa shape index (κ2) is 6.05. The molecule has 2 heterocycles. The van der Waals surface area contributed by atoms with E-state index in [9.17, 15) is 0 Å². The van der Waals surface area contributed by atoms with Gasteiger partial charge in [0.2, 0.25) is 5.89 Å². The number of hydrogen-bond donors (Lipinski definition) is 1. The molecule has 0 spiro atoms. The molecule has 0 amide bonds. The van der Waals surface area contributed by atoms with Crippen molar-refractivity contribution in [2.75, 3.05) is 18.0 Å². The predicted octanol–water partition coefficient (Wildman–Crippen LogP) is 2.13. The lowest BCUT2D eigenvalue weighted by atomic mass is 10.0. The molecule has 20 heavy (non-hydrogen) atoms. The van der Waals surface area contributed by atoms with Crippen molar-refractivity contribution in [3.05, 3.63) is 41.3 Å². The van der Waals surface area contributed by atoms with Crippen LogP contribution >= 0.6 is 0 Å². The van der Waals surface area contributed by atoms with Crippen molar-refractivity contribution in [1.82, 2.24) is 15.5 Å². The highest BCUT2D eigenvalue weighted by Crippen LogP contribution is 2.22. The molecule has 1 aromatic heterocycles. The maximum absolute atomic E-state index is 5.74. The van der Waals surface area contributed by atoms with Crippen LogP contribution in [0, 0.1) is 0 Å². The van der Waals surface area contributed by atoms with Gasteiger partial charge in [-0.2, -0.15) is 0 Å². The number of hydrogen-bond acceptors (Lipinski definition) is 5. The van der Waals surface area contributed by atoms with Gasteiger partial charge in [0.25, 0.3) is 0 Å². The molecule has 5 heteroatoms. The summed E-state index contributed by atoms with van der Waals surface area (Å²) in [6, 6.07) is 9.23. The minimum atomic E-state index is 0.633. The Morgan fingerprint density at radius 3 is 2.95 bits per heavy atom. The van der Waals surface area contributed by atoms with Crippen LogP contribution in [0.1, 0.15) is 30.4 Å². The molecule has 2 aromatic rings. The topological polar surface area (TPSA) is 54.2 Å². The second-order valence-electron chi connectivity index (χ2n) is 5.05. The van der Waals surface area contributed by atoms with Gasteiger partial charge in [0, 0.05) is 13.1 Å². The molecule has 1 aliphatic heterocycles. The van der Waals surface area contributed by atoms with Crippen molar-refractivity contribution in [1.29, 1.82) is 0 Å². The van der Waals surface area contributed by atoms with E-state index >= 15 is 0 Å². The fourth-order valence-corrected chi connectivity index (χ4v) is 2.54. The van der Waals surface area contributed by atoms with E-state index in [4.69, 9.17) is 4.42 Å². The van der Waals surface area contributed by atoms with Gasteiger partial charge >= 0.3 is 6.01 Å². The van der Waals surface area contributed by atoms with E-state index < -0.39 is 0 Å². The first-order chi connectivity index (χ1) is 9.86. The lowest BCUT2D eigenvalue weighted by Gasteiger charge is -2.17. The van der Waals surface area contributed by atoms with Crippen LogP contribution in [0.4, 0.5) is 6.01 Å². The third-order valence-corrected chi connectivity index (χ3v) is 3.61. The molecule has 106 valence electrons. The lowest BCUT2D eigenvalue weighted by molar-refractivity contribution is 0.463. The molecular weight excluding hydrogens is 252 g/mol. The SMILES string of the molecule is CCNCc1nnc(N2CCCc3ccccc3C2)o1. The third kappa shape index (κ3) is 2.82. The van der Waals surface area contributed by atoms with E-state index in [1.807, 2.05) is 0 Å². The molecule has 0 aliphatic carbocycles. The van der Waals surface area contributed by atoms with Gasteiger partial charge in [0.05, 0.1) is 6.54 Å². The highest BCUT2D eigenvalue weighted by atomic mass is 16.4. The Bertz CT molecular complexity index is 567. The van der Waals surface area contributed by atoms with Crippen molar-refractivity contribution in [3.63, 3.8) is 0 Å². The summed E-state index contributed by atoms with van der Waals surface area (Å²) in [5, 5.41) is 11.5. The molecular formula is C15H20N4O. The number of nitrogens with one attached hydrogen (secondary N) is 1. The first-order valence-corrected chi connectivity index (χ1v) is 7.21. The Labute approximate surface area is 119 Å². The summed E-state index contributed by atoms with van der Waals surface area (Å²) < 4.78 is 5.74. The number of rotatable bonds is 4. The van der Waals surface area contributed by atoms with Crippen LogP contribution in [-0.2, 0) is 19.5 Å². The smallest absolute Gasteiger partial charge is 0.318 e. The lowest BCUT2D eigenvalue weighted by Crippen LogP contribution is -2.22. The Hall–Kier alpha value is -1.88. The minimum absolute atomic E-state index is 0.633. The van der Waals surface area contributed by atoms with E-state index in [1.54, 1.807) is 0 Å². The van der Waals surface area contributed by atoms with Crippen molar-refractivity contribution < 1.29 is 4.42 Å². The zero-order valence-corrected chi connectivity index (χ0v) is 11.8. The molecule has 0 radical (unpaired) electrons. The van der Waals surface area contributed by atoms with Crippen molar-refractivity contribution in [2.45, 2.75) is 32.9 Å². The number of anilines is 1. The van der Waals surface area contributed by atoms with Crippen LogP contribution in [0.2, 0.25) is 0 Å². The largest absolute Gasteiger partial charge is 0.407 e. The molecule has 0 saturated heterocycles. The maximum atomic E-state index is 5.74. The van der Waals surface area contributed by atoms with Crippen LogP contribution in [0.25, 0.3) is 0 Å². The monoisotopic (exact) mass is 272 g/mol. The van der Waals surface area contributed by atoms with E-state index in [0.29, 0.717) is 18.5 Å². The molecule has 0 unspecified atom stereocenters. The van der Waals surface area contributed by atoms with Gasteiger partial charge in [-0.3, -0.25) is 0 Å². The highest BCUT2D eigenvalue weighted by Gasteiger charge is 2.18. The Morgan fingerprint density at radius 1 is 1.25 bits per heavy atom. The number of aryl methyl sites for hydroxylation is 1. The standard InChI is InChI=1S/C15H20N4O/c1-2-16-10-14-17-18-15(20-14)19-9-5-8-12-6-3-4-7-13(12)11-19/h3-4,6-7,16H,2,5,8-11H2,1H3. The maximum Gasteiger partial charge on any atom is 0.318 e. The van der Waals surface area contributed by atoms with E-state index in [0.717, 1.165) is 32.5 Å². The van der Waals surface area contributed by atoms with Crippen molar-refractivity contribution >= 4 is 6.01 Å². The molecule has 1 aromatic carbocycles. The molecule has 0 fully saturated rings. The zero-order chi connectivity index (χ0) is 13.8. The van der Waals surface area contributed by atoms with Gasteiger partial charge in [-0.15, -0.1) is 5.10 Å². The number of nitrogens with zero attached hydrogens (tertiary/aromatic N) is 3. The summed E-state index contributed by atoms with van der Waals surface area (Å²) in [6.45, 7) is 5.39. The van der Waals surface area contributed by atoms with Gasteiger partial charge in [0.1, 0.15) is 0 Å². The van der Waals surface area contributed by atoms with Crippen LogP contribution < -0.4 is 10.2 Å². The van der Waals surface area contributed by atoms with E-state index in [1.165, 1.54) is 11.1 Å². The fraction of sp³-hybridized carbons (Fsp3) is 0.467. The van der Waals surface area contributed by atoms with Crippen molar-refractivity contribution in [2.24, 2.45) is 0 Å². The highest BCUT2D eigenvalue weighted by molar-refractivity contribution is 5.35. The van der Waals surface area contributed by atoms with Gasteiger partial charge in [-0.25, -0.2) is 0 Å². The number of benzene rings is 1. The Morgan fingerprint density at radius 2 is 2.10 bits per heavy atom. The number of fused-ring (bicyclic) bond motifs is 1.